The molecular weight excluding hydrogens is 437 g/mol. The lowest BCUT2D eigenvalue weighted by molar-refractivity contribution is -0.128. The van der Waals surface area contributed by atoms with E-state index in [0.29, 0.717) is 24.0 Å². The number of aryl methyl sites for hydroxylation is 1. The van der Waals surface area contributed by atoms with Crippen molar-refractivity contribution in [2.75, 3.05) is 18.4 Å². The van der Waals surface area contributed by atoms with Crippen molar-refractivity contribution in [1.82, 2.24) is 9.88 Å². The molecule has 0 unspecified atom stereocenters. The van der Waals surface area contributed by atoms with Crippen LogP contribution in [-0.4, -0.2) is 34.8 Å². The molecule has 0 spiro atoms. The fourth-order valence-corrected chi connectivity index (χ4v) is 4.08. The number of aromatic amines is 1. The maximum atomic E-state index is 14.0. The van der Waals surface area contributed by atoms with E-state index in [0.717, 1.165) is 16.5 Å². The van der Waals surface area contributed by atoms with Gasteiger partial charge in [-0.1, -0.05) is 27.6 Å². The zero-order valence-corrected chi connectivity index (χ0v) is 17.6. The van der Waals surface area contributed by atoms with Gasteiger partial charge in [0.15, 0.2) is 0 Å². The Bertz CT molecular complexity index is 1090. The van der Waals surface area contributed by atoms with E-state index >= 15 is 0 Å². The predicted octanol–water partition coefficient (Wildman–Crippen LogP) is 4.41. The maximum Gasteiger partial charge on any atom is 0.229 e. The summed E-state index contributed by atoms with van der Waals surface area (Å²) in [5, 5.41) is 3.77. The summed E-state index contributed by atoms with van der Waals surface area (Å²) in [7, 11) is 0. The maximum absolute atomic E-state index is 14.0. The molecule has 1 aliphatic heterocycles. The van der Waals surface area contributed by atoms with E-state index in [-0.39, 0.29) is 23.9 Å². The quantitative estimate of drug-likeness (QED) is 0.595. The molecule has 1 aromatic heterocycles. The van der Waals surface area contributed by atoms with Crippen LogP contribution in [0.1, 0.15) is 17.5 Å². The SMILES string of the molecule is Cc1ccc2[nH]cc(CCN3C[C@@H](C(=O)Nc4ccc(Br)cc4F)CC3=O)c2c1. The van der Waals surface area contributed by atoms with E-state index in [9.17, 15) is 14.0 Å². The molecule has 4 rings (SSSR count). The molecule has 1 aliphatic rings. The van der Waals surface area contributed by atoms with Gasteiger partial charge in [0.2, 0.25) is 11.8 Å². The summed E-state index contributed by atoms with van der Waals surface area (Å²) in [6.07, 6.45) is 2.84. The van der Waals surface area contributed by atoms with E-state index in [1.807, 2.05) is 6.20 Å². The lowest BCUT2D eigenvalue weighted by Crippen LogP contribution is -2.30. The van der Waals surface area contributed by atoms with Crippen molar-refractivity contribution < 1.29 is 14.0 Å². The lowest BCUT2D eigenvalue weighted by Gasteiger charge is -2.16. The molecule has 0 aliphatic carbocycles. The number of nitrogens with one attached hydrogen (secondary N) is 2. The molecule has 0 saturated carbocycles. The Morgan fingerprint density at radius 2 is 2.14 bits per heavy atom. The van der Waals surface area contributed by atoms with Crippen molar-refractivity contribution >= 4 is 44.3 Å². The second-order valence-electron chi connectivity index (χ2n) is 7.47. The molecule has 150 valence electrons. The fraction of sp³-hybridized carbons (Fsp3) is 0.273. The highest BCUT2D eigenvalue weighted by Crippen LogP contribution is 2.25. The third-order valence-corrected chi connectivity index (χ3v) is 5.84. The van der Waals surface area contributed by atoms with Gasteiger partial charge in [0.1, 0.15) is 5.82 Å². The van der Waals surface area contributed by atoms with E-state index in [1.165, 1.54) is 17.7 Å². The molecule has 2 aromatic carbocycles. The number of hydrogen-bond donors (Lipinski definition) is 2. The third-order valence-electron chi connectivity index (χ3n) is 5.35. The van der Waals surface area contributed by atoms with Crippen molar-refractivity contribution in [2.45, 2.75) is 19.8 Å². The third kappa shape index (κ3) is 4.19. The summed E-state index contributed by atoms with van der Waals surface area (Å²) < 4.78 is 14.6. The predicted molar refractivity (Wildman–Crippen MR) is 114 cm³/mol. The number of hydrogen-bond acceptors (Lipinski definition) is 2. The number of H-pyrrole nitrogens is 1. The van der Waals surface area contributed by atoms with Crippen molar-refractivity contribution in [2.24, 2.45) is 5.92 Å². The first-order valence-corrected chi connectivity index (χ1v) is 10.3. The Balaban J connectivity index is 1.38. The number of aromatic nitrogens is 1. The van der Waals surface area contributed by atoms with E-state index in [4.69, 9.17) is 0 Å². The van der Waals surface area contributed by atoms with Crippen LogP contribution in [0.4, 0.5) is 10.1 Å². The van der Waals surface area contributed by atoms with E-state index in [1.54, 1.807) is 11.0 Å². The average molecular weight is 458 g/mol. The van der Waals surface area contributed by atoms with Crippen LogP contribution in [0.25, 0.3) is 10.9 Å². The molecule has 5 nitrogen and oxygen atoms in total. The van der Waals surface area contributed by atoms with Gasteiger partial charge in [-0.05, 0) is 49.2 Å². The Morgan fingerprint density at radius 1 is 1.31 bits per heavy atom. The molecule has 2 N–H and O–H groups in total. The van der Waals surface area contributed by atoms with Crippen LogP contribution in [0.2, 0.25) is 0 Å². The minimum atomic E-state index is -0.511. The largest absolute Gasteiger partial charge is 0.361 e. The Hall–Kier alpha value is -2.67. The van der Waals surface area contributed by atoms with Crippen LogP contribution in [0.3, 0.4) is 0 Å². The molecule has 7 heteroatoms. The zero-order valence-electron chi connectivity index (χ0n) is 16.0. The molecule has 2 amide bonds. The van der Waals surface area contributed by atoms with Gasteiger partial charge in [0.25, 0.3) is 0 Å². The molecular formula is C22H21BrFN3O2. The number of halogens is 2. The van der Waals surface area contributed by atoms with E-state index in [2.05, 4.69) is 51.4 Å². The van der Waals surface area contributed by atoms with Crippen LogP contribution in [0.15, 0.2) is 47.1 Å². The standard InChI is InChI=1S/C22H21BrFN3O2/c1-13-2-4-19-17(8-13)14(11-25-19)6-7-27-12-15(9-21(27)28)22(29)26-20-5-3-16(23)10-18(20)24/h2-5,8,10-11,15,25H,6-7,9,12H2,1H3,(H,26,29)/t15-/m0/s1. The smallest absolute Gasteiger partial charge is 0.229 e. The average Bonchev–Trinajstić information content (AvgIpc) is 3.25. The lowest BCUT2D eigenvalue weighted by atomic mass is 10.1. The van der Waals surface area contributed by atoms with Crippen LogP contribution in [-0.2, 0) is 16.0 Å². The topological polar surface area (TPSA) is 65.2 Å². The molecule has 3 aromatic rings. The number of rotatable bonds is 5. The molecule has 1 atom stereocenters. The second-order valence-corrected chi connectivity index (χ2v) is 8.38. The first kappa shape index (κ1) is 19.6. The minimum absolute atomic E-state index is 0.0440. The van der Waals surface area contributed by atoms with Gasteiger partial charge in [-0.2, -0.15) is 0 Å². The van der Waals surface area contributed by atoms with Crippen molar-refractivity contribution in [3.05, 3.63) is 64.0 Å². The number of fused-ring (bicyclic) bond motifs is 1. The van der Waals surface area contributed by atoms with Crippen molar-refractivity contribution in [1.29, 1.82) is 0 Å². The molecule has 2 heterocycles. The Labute approximate surface area is 176 Å². The molecule has 1 fully saturated rings. The number of amides is 2. The number of carbonyl (C=O) groups excluding carboxylic acids is 2. The van der Waals surface area contributed by atoms with Gasteiger partial charge in [0, 0.05) is 41.1 Å². The van der Waals surface area contributed by atoms with Crippen molar-refractivity contribution in [3.63, 3.8) is 0 Å². The normalized spacial score (nSPS) is 16.6. The number of nitrogens with zero attached hydrogens (tertiary/aromatic N) is 1. The number of anilines is 1. The molecule has 0 bridgehead atoms. The van der Waals surface area contributed by atoms with Gasteiger partial charge >= 0.3 is 0 Å². The van der Waals surface area contributed by atoms with Gasteiger partial charge < -0.3 is 15.2 Å². The summed E-state index contributed by atoms with van der Waals surface area (Å²) in [6, 6.07) is 10.7. The van der Waals surface area contributed by atoms with Crippen LogP contribution in [0, 0.1) is 18.7 Å². The Morgan fingerprint density at radius 3 is 2.93 bits per heavy atom. The highest BCUT2D eigenvalue weighted by Gasteiger charge is 2.34. The van der Waals surface area contributed by atoms with Gasteiger partial charge in [-0.15, -0.1) is 0 Å². The summed E-state index contributed by atoms with van der Waals surface area (Å²) in [5.74, 6) is -1.36. The zero-order chi connectivity index (χ0) is 20.5. The number of carbonyl (C=O) groups is 2. The first-order chi connectivity index (χ1) is 13.9. The Kier molecular flexibility index (Phi) is 5.41. The minimum Gasteiger partial charge on any atom is -0.361 e. The summed E-state index contributed by atoms with van der Waals surface area (Å²) in [6.45, 7) is 2.96. The van der Waals surface area contributed by atoms with Gasteiger partial charge in [-0.3, -0.25) is 9.59 Å². The number of benzene rings is 2. The monoisotopic (exact) mass is 457 g/mol. The van der Waals surface area contributed by atoms with Crippen LogP contribution >= 0.6 is 15.9 Å². The highest BCUT2D eigenvalue weighted by molar-refractivity contribution is 9.10. The van der Waals surface area contributed by atoms with Crippen LogP contribution < -0.4 is 5.32 Å². The van der Waals surface area contributed by atoms with Crippen LogP contribution in [0.5, 0.6) is 0 Å². The molecule has 0 radical (unpaired) electrons. The number of likely N-dealkylation sites (tertiary alicyclic amines) is 1. The fourth-order valence-electron chi connectivity index (χ4n) is 3.74. The summed E-state index contributed by atoms with van der Waals surface area (Å²) >= 11 is 3.19. The molecule has 29 heavy (non-hydrogen) atoms. The van der Waals surface area contributed by atoms with E-state index < -0.39 is 11.7 Å². The second kappa shape index (κ2) is 7.99. The first-order valence-electron chi connectivity index (χ1n) is 9.51. The summed E-state index contributed by atoms with van der Waals surface area (Å²) in [5.41, 5.74) is 3.54. The molecule has 1 saturated heterocycles. The van der Waals surface area contributed by atoms with Gasteiger partial charge in [-0.25, -0.2) is 4.39 Å². The highest BCUT2D eigenvalue weighted by atomic mass is 79.9. The van der Waals surface area contributed by atoms with Crippen molar-refractivity contribution in [3.8, 4) is 0 Å². The van der Waals surface area contributed by atoms with Gasteiger partial charge in [0.05, 0.1) is 11.6 Å². The summed E-state index contributed by atoms with van der Waals surface area (Å²) in [4.78, 5) is 29.9.